The Bertz CT molecular complexity index is 416. The zero-order valence-electron chi connectivity index (χ0n) is 15.1. The van der Waals surface area contributed by atoms with Crippen LogP contribution in [0.4, 0.5) is 0 Å². The van der Waals surface area contributed by atoms with Crippen molar-refractivity contribution in [2.75, 3.05) is 0 Å². The van der Waals surface area contributed by atoms with Crippen LogP contribution in [-0.4, -0.2) is 9.52 Å². The van der Waals surface area contributed by atoms with Crippen LogP contribution in [0.2, 0.25) is 13.1 Å². The molecule has 0 saturated heterocycles. The Morgan fingerprint density at radius 3 is 1.05 bits per heavy atom. The summed E-state index contributed by atoms with van der Waals surface area (Å²) in [4.78, 5) is 0. The Hall–Kier alpha value is 0.380. The summed E-state index contributed by atoms with van der Waals surface area (Å²) in [5, 5.41) is 0. The minimum absolute atomic E-state index is 0.750. The van der Waals surface area contributed by atoms with Gasteiger partial charge in [-0.25, -0.2) is 12.1 Å². The monoisotopic (exact) mass is 433 g/mol. The molecule has 2 aromatic rings. The molecule has 0 aromatic heterocycles. The van der Waals surface area contributed by atoms with Crippen molar-refractivity contribution < 1.29 is 20.8 Å². The predicted molar refractivity (Wildman–Crippen MR) is 103 cm³/mol. The molecule has 0 saturated carbocycles. The summed E-state index contributed by atoms with van der Waals surface area (Å²) < 4.78 is 0. The molecular formula is C18H29Cl2SiZr. The Balaban J connectivity index is 0. The van der Waals surface area contributed by atoms with Crippen molar-refractivity contribution in [3.05, 3.63) is 57.6 Å². The van der Waals surface area contributed by atoms with Crippen molar-refractivity contribution in [2.45, 2.75) is 54.6 Å². The van der Waals surface area contributed by atoms with Crippen LogP contribution in [0.15, 0.2) is 24.3 Å². The molecule has 1 radical (unpaired) electrons. The maximum atomic E-state index is 4.93. The average molecular weight is 436 g/mol. The van der Waals surface area contributed by atoms with Gasteiger partial charge >= 0.3 is 37.9 Å². The van der Waals surface area contributed by atoms with Crippen LogP contribution in [0.25, 0.3) is 0 Å². The van der Waals surface area contributed by atoms with E-state index in [1.807, 2.05) is 0 Å². The average Bonchev–Trinajstić information content (AvgIpc) is 2.83. The molecule has 0 amide bonds. The van der Waals surface area contributed by atoms with Crippen molar-refractivity contribution in [3.8, 4) is 0 Å². The third kappa shape index (κ3) is 12.9. The third-order valence-corrected chi connectivity index (χ3v) is 3.02. The van der Waals surface area contributed by atoms with Gasteiger partial charge in [-0.3, -0.25) is 0 Å². The number of aryl methyl sites for hydroxylation is 6. The molecule has 0 bridgehead atoms. The van der Waals surface area contributed by atoms with E-state index in [-0.39, 0.29) is 0 Å². The van der Waals surface area contributed by atoms with Crippen molar-refractivity contribution in [1.29, 1.82) is 0 Å². The fourth-order valence-electron chi connectivity index (χ4n) is 1.90. The van der Waals surface area contributed by atoms with E-state index in [1.165, 1.54) is 33.4 Å². The molecular weight excluding hydrogens is 406 g/mol. The molecule has 0 heterocycles. The summed E-state index contributed by atoms with van der Waals surface area (Å²) in [6.45, 7) is 17.2. The molecule has 0 fully saturated rings. The molecule has 4 heteroatoms. The molecule has 0 N–H and O–H groups in total. The first-order chi connectivity index (χ1) is 10.2. The first kappa shape index (κ1) is 24.6. The standard InChI is InChI=1S/2C8H11.C2H7Si.2ClH.Zr/c2*1-6-4-7(2)8(3)5-6;1-3-2;;;/h2*4-5H,1-3H3;3H,1-2H3;2*1H;/q2*-1;;;;+4/p-2. The van der Waals surface area contributed by atoms with Crippen molar-refractivity contribution >= 4 is 26.5 Å². The minimum atomic E-state index is -0.826. The number of rotatable bonds is 0. The van der Waals surface area contributed by atoms with Crippen LogP contribution < -0.4 is 0 Å². The van der Waals surface area contributed by atoms with Gasteiger partial charge in [0, 0.05) is 9.52 Å². The van der Waals surface area contributed by atoms with E-state index < -0.39 is 20.8 Å². The van der Waals surface area contributed by atoms with Gasteiger partial charge in [0.15, 0.2) is 0 Å². The van der Waals surface area contributed by atoms with Crippen molar-refractivity contribution in [3.63, 3.8) is 0 Å². The first-order valence-electron chi connectivity index (χ1n) is 7.34. The van der Waals surface area contributed by atoms with Crippen molar-refractivity contribution in [1.82, 2.24) is 0 Å². The molecule has 0 aliphatic heterocycles. The van der Waals surface area contributed by atoms with E-state index in [0.717, 1.165) is 9.52 Å². The Morgan fingerprint density at radius 1 is 0.773 bits per heavy atom. The molecule has 0 nitrogen and oxygen atoms in total. The first-order valence-corrected chi connectivity index (χ1v) is 16.0. The number of hydrogen-bond acceptors (Lipinski definition) is 0. The summed E-state index contributed by atoms with van der Waals surface area (Å²) in [5.74, 6) is 0. The predicted octanol–water partition coefficient (Wildman–Crippen LogP) is 6.56. The molecule has 0 unspecified atom stereocenters. The van der Waals surface area contributed by atoms with Gasteiger partial charge in [-0.1, -0.05) is 54.6 Å². The van der Waals surface area contributed by atoms with Gasteiger partial charge in [-0.15, -0.1) is 0 Å². The van der Waals surface area contributed by atoms with Gasteiger partial charge in [-0.2, -0.15) is 45.5 Å². The normalized spacial score (nSPS) is 8.45. The van der Waals surface area contributed by atoms with Gasteiger partial charge in [0.1, 0.15) is 0 Å². The second-order valence-electron chi connectivity index (χ2n) is 5.45. The van der Waals surface area contributed by atoms with E-state index in [4.69, 9.17) is 17.0 Å². The van der Waals surface area contributed by atoms with Crippen LogP contribution in [0.3, 0.4) is 0 Å². The fraction of sp³-hybridized carbons (Fsp3) is 0.444. The zero-order chi connectivity index (χ0) is 17.7. The number of halogens is 2. The molecule has 0 aliphatic rings. The summed E-state index contributed by atoms with van der Waals surface area (Å²) in [6, 6.07) is 8.81. The molecule has 2 rings (SSSR count). The van der Waals surface area contributed by atoms with Gasteiger partial charge in [0.25, 0.3) is 0 Å². The van der Waals surface area contributed by atoms with Crippen LogP contribution in [-0.2, 0) is 20.8 Å². The van der Waals surface area contributed by atoms with Gasteiger partial charge in [-0.05, 0) is 0 Å². The zero-order valence-corrected chi connectivity index (χ0v) is 20.3. The fourth-order valence-corrected chi connectivity index (χ4v) is 1.90. The Kier molecular flexibility index (Phi) is 16.7. The molecule has 22 heavy (non-hydrogen) atoms. The van der Waals surface area contributed by atoms with Crippen molar-refractivity contribution in [2.24, 2.45) is 0 Å². The van der Waals surface area contributed by atoms with Gasteiger partial charge < -0.3 is 0 Å². The summed E-state index contributed by atoms with van der Waals surface area (Å²) in [5.41, 5.74) is 8.37. The molecule has 0 atom stereocenters. The second kappa shape index (κ2) is 14.9. The summed E-state index contributed by atoms with van der Waals surface area (Å²) in [6.07, 6.45) is 0. The SMILES string of the molecule is C[SiH]C.Cc1cc(C)c(C)[cH-]1.Cc1cc(C)c(C)[cH-]1.[Cl][Zr+2][Cl]. The van der Waals surface area contributed by atoms with Crippen LogP contribution in [0.1, 0.15) is 33.4 Å². The third-order valence-electron chi connectivity index (χ3n) is 3.02. The van der Waals surface area contributed by atoms with E-state index in [0.29, 0.717) is 0 Å². The van der Waals surface area contributed by atoms with Crippen LogP contribution >= 0.6 is 17.0 Å². The van der Waals surface area contributed by atoms with E-state index in [2.05, 4.69) is 78.9 Å². The van der Waals surface area contributed by atoms with E-state index in [9.17, 15) is 0 Å². The Morgan fingerprint density at radius 2 is 1.00 bits per heavy atom. The topological polar surface area (TPSA) is 0 Å². The van der Waals surface area contributed by atoms with Crippen LogP contribution in [0, 0.1) is 41.5 Å². The summed E-state index contributed by atoms with van der Waals surface area (Å²) >= 11 is -0.826. The molecule has 0 spiro atoms. The van der Waals surface area contributed by atoms with E-state index >= 15 is 0 Å². The number of hydrogen-bond donors (Lipinski definition) is 0. The summed E-state index contributed by atoms with van der Waals surface area (Å²) in [7, 11) is 10.6. The Labute approximate surface area is 158 Å². The van der Waals surface area contributed by atoms with E-state index in [1.54, 1.807) is 0 Å². The van der Waals surface area contributed by atoms with Gasteiger partial charge in [0.05, 0.1) is 0 Å². The van der Waals surface area contributed by atoms with Gasteiger partial charge in [0.2, 0.25) is 0 Å². The molecule has 2 aromatic carbocycles. The molecule has 123 valence electrons. The maximum absolute atomic E-state index is 4.93. The van der Waals surface area contributed by atoms with Crippen LogP contribution in [0.5, 0.6) is 0 Å². The second-order valence-corrected chi connectivity index (χ2v) is 10.3. The molecule has 0 aliphatic carbocycles. The quantitative estimate of drug-likeness (QED) is 0.325.